The summed E-state index contributed by atoms with van der Waals surface area (Å²) in [6.07, 6.45) is 1.78. The Balaban J connectivity index is 1.45. The van der Waals surface area contributed by atoms with E-state index in [1.807, 2.05) is 36.4 Å². The SMILES string of the molecule is Oc1ccccc1C(c1ccc(F)c(F)c1)N1CCN(c2ccnc3cc(Cl)ccc23)CC1. The van der Waals surface area contributed by atoms with E-state index in [0.717, 1.165) is 35.7 Å². The summed E-state index contributed by atoms with van der Waals surface area (Å²) in [5.74, 6) is -1.65. The first kappa shape index (κ1) is 21.6. The fourth-order valence-corrected chi connectivity index (χ4v) is 4.76. The number of nitrogens with zero attached hydrogens (tertiary/aromatic N) is 3. The molecule has 0 bridgehead atoms. The Bertz CT molecular complexity index is 1310. The van der Waals surface area contributed by atoms with E-state index in [9.17, 15) is 13.9 Å². The highest BCUT2D eigenvalue weighted by Gasteiger charge is 2.29. The molecule has 2 heterocycles. The Morgan fingerprint density at radius 1 is 0.879 bits per heavy atom. The normalized spacial score (nSPS) is 15.7. The van der Waals surface area contributed by atoms with Crippen molar-refractivity contribution in [2.75, 3.05) is 31.1 Å². The molecule has 0 saturated carbocycles. The van der Waals surface area contributed by atoms with E-state index in [2.05, 4.69) is 14.8 Å². The van der Waals surface area contributed by atoms with Crippen LogP contribution in [0.15, 0.2) is 72.9 Å². The topological polar surface area (TPSA) is 39.6 Å². The largest absolute Gasteiger partial charge is 0.508 e. The number of hydrogen-bond donors (Lipinski definition) is 1. The summed E-state index contributed by atoms with van der Waals surface area (Å²) in [7, 11) is 0. The summed E-state index contributed by atoms with van der Waals surface area (Å²) in [5.41, 5.74) is 3.20. The van der Waals surface area contributed by atoms with Crippen molar-refractivity contribution in [2.45, 2.75) is 6.04 Å². The van der Waals surface area contributed by atoms with Crippen LogP contribution in [0.25, 0.3) is 10.9 Å². The van der Waals surface area contributed by atoms with Crippen LogP contribution in [0, 0.1) is 11.6 Å². The van der Waals surface area contributed by atoms with Gasteiger partial charge in [-0.25, -0.2) is 8.78 Å². The summed E-state index contributed by atoms with van der Waals surface area (Å²) in [6.45, 7) is 2.82. The van der Waals surface area contributed by atoms with Crippen molar-refractivity contribution in [3.63, 3.8) is 0 Å². The molecule has 1 aliphatic rings. The lowest BCUT2D eigenvalue weighted by Crippen LogP contribution is -2.48. The van der Waals surface area contributed by atoms with Crippen LogP contribution in [-0.4, -0.2) is 41.2 Å². The number of piperazine rings is 1. The average molecular weight is 466 g/mol. The summed E-state index contributed by atoms with van der Waals surface area (Å²) < 4.78 is 27.7. The maximum atomic E-state index is 14.1. The van der Waals surface area contributed by atoms with Crippen molar-refractivity contribution in [1.82, 2.24) is 9.88 Å². The number of anilines is 1. The summed E-state index contributed by atoms with van der Waals surface area (Å²) in [5, 5.41) is 12.2. The van der Waals surface area contributed by atoms with Gasteiger partial charge in [-0.1, -0.05) is 35.9 Å². The van der Waals surface area contributed by atoms with Gasteiger partial charge in [-0.15, -0.1) is 0 Å². The molecule has 3 aromatic carbocycles. The van der Waals surface area contributed by atoms with Crippen LogP contribution < -0.4 is 4.90 Å². The number of pyridine rings is 1. The molecule has 0 spiro atoms. The smallest absolute Gasteiger partial charge is 0.159 e. The maximum Gasteiger partial charge on any atom is 0.159 e. The van der Waals surface area contributed by atoms with E-state index < -0.39 is 17.7 Å². The molecule has 1 aromatic heterocycles. The van der Waals surface area contributed by atoms with Crippen LogP contribution >= 0.6 is 11.6 Å². The quantitative estimate of drug-likeness (QED) is 0.414. The zero-order chi connectivity index (χ0) is 22.9. The van der Waals surface area contributed by atoms with Gasteiger partial charge in [0, 0.05) is 54.0 Å². The highest BCUT2D eigenvalue weighted by molar-refractivity contribution is 6.31. The molecule has 1 aliphatic heterocycles. The molecule has 1 saturated heterocycles. The van der Waals surface area contributed by atoms with Crippen molar-refractivity contribution in [1.29, 1.82) is 0 Å². The zero-order valence-electron chi connectivity index (χ0n) is 17.8. The number of phenols is 1. The van der Waals surface area contributed by atoms with Crippen LogP contribution in [0.3, 0.4) is 0 Å². The van der Waals surface area contributed by atoms with E-state index in [1.54, 1.807) is 24.4 Å². The highest BCUT2D eigenvalue weighted by Crippen LogP contribution is 2.36. The molecule has 33 heavy (non-hydrogen) atoms. The second-order valence-electron chi connectivity index (χ2n) is 8.15. The van der Waals surface area contributed by atoms with Crippen LogP contribution in [0.1, 0.15) is 17.2 Å². The lowest BCUT2D eigenvalue weighted by molar-refractivity contribution is 0.209. The molecule has 168 valence electrons. The lowest BCUT2D eigenvalue weighted by atomic mass is 9.95. The Morgan fingerprint density at radius 3 is 2.42 bits per heavy atom. The first-order valence-corrected chi connectivity index (χ1v) is 11.1. The first-order chi connectivity index (χ1) is 16.0. The van der Waals surface area contributed by atoms with Gasteiger partial charge in [-0.05, 0) is 48.0 Å². The monoisotopic (exact) mass is 465 g/mol. The molecule has 1 atom stereocenters. The van der Waals surface area contributed by atoms with Crippen molar-refractivity contribution < 1.29 is 13.9 Å². The second-order valence-corrected chi connectivity index (χ2v) is 8.59. The van der Waals surface area contributed by atoms with E-state index in [0.29, 0.717) is 29.2 Å². The number of halogens is 3. The fourth-order valence-electron chi connectivity index (χ4n) is 4.59. The highest BCUT2D eigenvalue weighted by atomic mass is 35.5. The molecule has 0 amide bonds. The van der Waals surface area contributed by atoms with Gasteiger partial charge in [-0.3, -0.25) is 9.88 Å². The first-order valence-electron chi connectivity index (χ1n) is 10.8. The van der Waals surface area contributed by atoms with Crippen molar-refractivity contribution >= 4 is 28.2 Å². The number of phenolic OH excluding ortho intramolecular Hbond substituents is 1. The van der Waals surface area contributed by atoms with Crippen LogP contribution in [0.4, 0.5) is 14.5 Å². The van der Waals surface area contributed by atoms with Crippen LogP contribution in [0.2, 0.25) is 5.02 Å². The molecule has 0 radical (unpaired) electrons. The third kappa shape index (κ3) is 4.24. The van der Waals surface area contributed by atoms with Gasteiger partial charge >= 0.3 is 0 Å². The van der Waals surface area contributed by atoms with E-state index in [4.69, 9.17) is 11.6 Å². The number of hydrogen-bond acceptors (Lipinski definition) is 4. The number of benzene rings is 3. The predicted molar refractivity (Wildman–Crippen MR) is 127 cm³/mol. The van der Waals surface area contributed by atoms with Gasteiger partial charge in [0.15, 0.2) is 11.6 Å². The Labute approximate surface area is 195 Å². The van der Waals surface area contributed by atoms with Crippen LogP contribution in [0.5, 0.6) is 5.75 Å². The number of aromatic nitrogens is 1. The zero-order valence-corrected chi connectivity index (χ0v) is 18.5. The standard InChI is InChI=1S/C26H22ClF2N3O/c27-18-6-7-19-23(16-18)30-10-9-24(19)31-11-13-32(14-12-31)26(20-3-1-2-4-25(20)33)17-5-8-21(28)22(29)15-17/h1-10,15-16,26,33H,11-14H2. The molecular weight excluding hydrogens is 444 g/mol. The van der Waals surface area contributed by atoms with Gasteiger partial charge in [-0.2, -0.15) is 0 Å². The number of fused-ring (bicyclic) bond motifs is 1. The van der Waals surface area contributed by atoms with Crippen molar-refractivity contribution in [3.05, 3.63) is 101 Å². The van der Waals surface area contributed by atoms with E-state index in [-0.39, 0.29) is 5.75 Å². The minimum absolute atomic E-state index is 0.131. The van der Waals surface area contributed by atoms with E-state index in [1.165, 1.54) is 6.07 Å². The Kier molecular flexibility index (Phi) is 5.87. The van der Waals surface area contributed by atoms with Gasteiger partial charge in [0.05, 0.1) is 11.6 Å². The van der Waals surface area contributed by atoms with E-state index >= 15 is 0 Å². The third-order valence-electron chi connectivity index (χ3n) is 6.19. The number of para-hydroxylation sites is 1. The number of aromatic hydroxyl groups is 1. The third-order valence-corrected chi connectivity index (χ3v) is 6.43. The Hall–Kier alpha value is -3.22. The lowest BCUT2D eigenvalue weighted by Gasteiger charge is -2.41. The summed E-state index contributed by atoms with van der Waals surface area (Å²) >= 11 is 6.13. The summed E-state index contributed by atoms with van der Waals surface area (Å²) in [6, 6.07) is 18.3. The molecule has 1 N–H and O–H groups in total. The Morgan fingerprint density at radius 2 is 1.67 bits per heavy atom. The summed E-state index contributed by atoms with van der Waals surface area (Å²) in [4.78, 5) is 8.92. The minimum Gasteiger partial charge on any atom is -0.508 e. The van der Waals surface area contributed by atoms with Crippen molar-refractivity contribution in [2.24, 2.45) is 0 Å². The average Bonchev–Trinajstić information content (AvgIpc) is 2.82. The predicted octanol–water partition coefficient (Wildman–Crippen LogP) is 5.78. The molecule has 4 aromatic rings. The fraction of sp³-hybridized carbons (Fsp3) is 0.192. The van der Waals surface area contributed by atoms with Gasteiger partial charge in [0.25, 0.3) is 0 Å². The molecule has 5 rings (SSSR count). The molecule has 0 aliphatic carbocycles. The second kappa shape index (κ2) is 8.96. The maximum absolute atomic E-state index is 14.1. The minimum atomic E-state index is -0.895. The molecule has 7 heteroatoms. The van der Waals surface area contributed by atoms with Gasteiger partial charge in [0.1, 0.15) is 5.75 Å². The molecule has 1 unspecified atom stereocenters. The van der Waals surface area contributed by atoms with Crippen LogP contribution in [-0.2, 0) is 0 Å². The number of rotatable bonds is 4. The van der Waals surface area contributed by atoms with Gasteiger partial charge < -0.3 is 10.0 Å². The van der Waals surface area contributed by atoms with Gasteiger partial charge in [0.2, 0.25) is 0 Å². The molecule has 1 fully saturated rings. The van der Waals surface area contributed by atoms with Crippen molar-refractivity contribution in [3.8, 4) is 5.75 Å². The molecule has 4 nitrogen and oxygen atoms in total. The molecular formula is C26H22ClF2N3O.